The fraction of sp³-hybridized carbons (Fsp3) is 0.562. The number of pyridine rings is 1. The molecular formula is C16H22ClN3O3. The number of rotatable bonds is 5. The van der Waals surface area contributed by atoms with Gasteiger partial charge >= 0.3 is 5.97 Å². The lowest BCUT2D eigenvalue weighted by Gasteiger charge is -2.33. The van der Waals surface area contributed by atoms with Gasteiger partial charge in [0.1, 0.15) is 5.82 Å². The summed E-state index contributed by atoms with van der Waals surface area (Å²) in [6, 6.07) is 3.33. The molecule has 0 spiro atoms. The number of nitrogens with zero attached hydrogens (tertiary/aromatic N) is 3. The van der Waals surface area contributed by atoms with Crippen LogP contribution in [0.15, 0.2) is 12.1 Å². The van der Waals surface area contributed by atoms with E-state index in [4.69, 9.17) is 16.7 Å². The van der Waals surface area contributed by atoms with Gasteiger partial charge < -0.3 is 14.9 Å². The van der Waals surface area contributed by atoms with Gasteiger partial charge in [0.15, 0.2) is 5.69 Å². The van der Waals surface area contributed by atoms with Crippen LogP contribution in [0.1, 0.15) is 36.2 Å². The number of carboxylic acids is 1. The molecule has 2 heterocycles. The number of aromatic carboxylic acids is 1. The third-order valence-corrected chi connectivity index (χ3v) is 4.45. The molecule has 1 aromatic heterocycles. The highest BCUT2D eigenvalue weighted by molar-refractivity contribution is 6.33. The normalized spacial score (nSPS) is 17.9. The van der Waals surface area contributed by atoms with Crippen LogP contribution in [-0.4, -0.2) is 54.1 Å². The summed E-state index contributed by atoms with van der Waals surface area (Å²) in [6.07, 6.45) is 3.47. The molecule has 1 atom stereocenters. The zero-order chi connectivity index (χ0) is 17.0. The number of anilines is 1. The van der Waals surface area contributed by atoms with E-state index in [1.54, 1.807) is 31.1 Å². The van der Waals surface area contributed by atoms with E-state index in [2.05, 4.69) is 9.88 Å². The van der Waals surface area contributed by atoms with Crippen molar-refractivity contribution in [3.63, 3.8) is 0 Å². The average molecular weight is 340 g/mol. The maximum Gasteiger partial charge on any atom is 0.356 e. The van der Waals surface area contributed by atoms with Crippen molar-refractivity contribution in [2.45, 2.75) is 25.7 Å². The van der Waals surface area contributed by atoms with Crippen molar-refractivity contribution in [2.24, 2.45) is 5.92 Å². The van der Waals surface area contributed by atoms with Crippen LogP contribution in [0.4, 0.5) is 5.82 Å². The SMILES string of the molecule is CN(C)C(=O)CC[C@H]1CCCN(c2ccc(Cl)c(C(=O)O)n2)C1. The number of halogens is 1. The lowest BCUT2D eigenvalue weighted by atomic mass is 9.93. The van der Waals surface area contributed by atoms with Crippen molar-refractivity contribution < 1.29 is 14.7 Å². The standard InChI is InChI=1S/C16H22ClN3O3/c1-19(2)14(21)8-5-11-4-3-9-20(10-11)13-7-6-12(17)15(18-13)16(22)23/h6-7,11H,3-5,8-10H2,1-2H3,(H,22,23)/t11-/m1/s1. The second-order valence-electron chi connectivity index (χ2n) is 6.09. The van der Waals surface area contributed by atoms with Crippen LogP contribution >= 0.6 is 11.6 Å². The molecule has 1 aromatic rings. The van der Waals surface area contributed by atoms with E-state index in [9.17, 15) is 9.59 Å². The smallest absolute Gasteiger partial charge is 0.356 e. The van der Waals surface area contributed by atoms with E-state index >= 15 is 0 Å². The van der Waals surface area contributed by atoms with E-state index < -0.39 is 5.97 Å². The fourth-order valence-corrected chi connectivity index (χ4v) is 3.00. The molecule has 1 aliphatic heterocycles. The van der Waals surface area contributed by atoms with E-state index in [1.165, 1.54) is 0 Å². The first-order valence-corrected chi connectivity index (χ1v) is 8.11. The van der Waals surface area contributed by atoms with Gasteiger partial charge in [-0.15, -0.1) is 0 Å². The summed E-state index contributed by atoms with van der Waals surface area (Å²) in [5, 5.41) is 9.27. The molecule has 0 aliphatic carbocycles. The molecule has 0 bridgehead atoms. The van der Waals surface area contributed by atoms with Crippen molar-refractivity contribution in [1.82, 2.24) is 9.88 Å². The van der Waals surface area contributed by atoms with Gasteiger partial charge in [-0.25, -0.2) is 9.78 Å². The number of carbonyl (C=O) groups excluding carboxylic acids is 1. The maximum absolute atomic E-state index is 11.7. The summed E-state index contributed by atoms with van der Waals surface area (Å²) in [4.78, 5) is 30.7. The summed E-state index contributed by atoms with van der Waals surface area (Å²) in [5.74, 6) is 0.0655. The van der Waals surface area contributed by atoms with Crippen LogP contribution in [0.5, 0.6) is 0 Å². The van der Waals surface area contributed by atoms with Gasteiger partial charge in [0, 0.05) is 33.6 Å². The number of hydrogen-bond acceptors (Lipinski definition) is 4. The Bertz CT molecular complexity index is 592. The third-order valence-electron chi connectivity index (χ3n) is 4.14. The Morgan fingerprint density at radius 2 is 2.17 bits per heavy atom. The second kappa shape index (κ2) is 7.64. The molecule has 1 amide bonds. The second-order valence-corrected chi connectivity index (χ2v) is 6.49. The Morgan fingerprint density at radius 3 is 2.83 bits per heavy atom. The molecule has 1 fully saturated rings. The Balaban J connectivity index is 2.02. The first-order chi connectivity index (χ1) is 10.9. The summed E-state index contributed by atoms with van der Waals surface area (Å²) in [5.41, 5.74) is -0.117. The molecule has 2 rings (SSSR count). The quantitative estimate of drug-likeness (QED) is 0.892. The summed E-state index contributed by atoms with van der Waals surface area (Å²) >= 11 is 5.87. The predicted octanol–water partition coefficient (Wildman–Crippen LogP) is 2.52. The summed E-state index contributed by atoms with van der Waals surface area (Å²) in [6.45, 7) is 1.63. The highest BCUT2D eigenvalue weighted by Gasteiger charge is 2.23. The van der Waals surface area contributed by atoms with Crippen molar-refractivity contribution in [1.29, 1.82) is 0 Å². The minimum atomic E-state index is -1.12. The van der Waals surface area contributed by atoms with Crippen molar-refractivity contribution >= 4 is 29.3 Å². The molecule has 23 heavy (non-hydrogen) atoms. The molecule has 0 radical (unpaired) electrons. The molecule has 1 N–H and O–H groups in total. The van der Waals surface area contributed by atoms with Gasteiger partial charge in [0.25, 0.3) is 0 Å². The molecule has 0 saturated carbocycles. The predicted molar refractivity (Wildman–Crippen MR) is 89.1 cm³/mol. The van der Waals surface area contributed by atoms with E-state index in [-0.39, 0.29) is 16.6 Å². The fourth-order valence-electron chi connectivity index (χ4n) is 2.82. The van der Waals surface area contributed by atoms with Crippen LogP contribution in [0.25, 0.3) is 0 Å². The van der Waals surface area contributed by atoms with Crippen molar-refractivity contribution in [3.8, 4) is 0 Å². The molecule has 1 saturated heterocycles. The molecule has 7 heteroatoms. The van der Waals surface area contributed by atoms with E-state index in [0.717, 1.165) is 32.4 Å². The Kier molecular flexibility index (Phi) is 5.82. The Hall–Kier alpha value is -1.82. The van der Waals surface area contributed by atoms with E-state index in [0.29, 0.717) is 18.2 Å². The highest BCUT2D eigenvalue weighted by Crippen LogP contribution is 2.26. The van der Waals surface area contributed by atoms with Crippen LogP contribution < -0.4 is 4.90 Å². The molecule has 126 valence electrons. The minimum Gasteiger partial charge on any atom is -0.476 e. The first kappa shape index (κ1) is 17.5. The average Bonchev–Trinajstić information content (AvgIpc) is 2.52. The van der Waals surface area contributed by atoms with Gasteiger partial charge in [0.05, 0.1) is 5.02 Å². The Morgan fingerprint density at radius 1 is 1.43 bits per heavy atom. The number of carboxylic acid groups (broad SMARTS) is 1. The van der Waals surface area contributed by atoms with Gasteiger partial charge in [-0.3, -0.25) is 4.79 Å². The number of piperidine rings is 1. The Labute approximate surface area is 141 Å². The highest BCUT2D eigenvalue weighted by atomic mass is 35.5. The monoisotopic (exact) mass is 339 g/mol. The topological polar surface area (TPSA) is 73.7 Å². The van der Waals surface area contributed by atoms with Crippen LogP contribution in [0.3, 0.4) is 0 Å². The molecular weight excluding hydrogens is 318 g/mol. The molecule has 1 aliphatic rings. The van der Waals surface area contributed by atoms with E-state index in [1.807, 2.05) is 0 Å². The van der Waals surface area contributed by atoms with Crippen molar-refractivity contribution in [3.05, 3.63) is 22.8 Å². The zero-order valence-corrected chi connectivity index (χ0v) is 14.2. The van der Waals surface area contributed by atoms with Gasteiger partial charge in [0.2, 0.25) is 5.91 Å². The number of amides is 1. The van der Waals surface area contributed by atoms with Crippen LogP contribution in [-0.2, 0) is 4.79 Å². The van der Waals surface area contributed by atoms with Crippen LogP contribution in [0, 0.1) is 5.92 Å². The molecule has 0 aromatic carbocycles. The first-order valence-electron chi connectivity index (χ1n) is 7.73. The third kappa shape index (κ3) is 4.58. The van der Waals surface area contributed by atoms with Crippen LogP contribution in [0.2, 0.25) is 5.02 Å². The maximum atomic E-state index is 11.7. The van der Waals surface area contributed by atoms with Gasteiger partial charge in [-0.1, -0.05) is 11.6 Å². The summed E-state index contributed by atoms with van der Waals surface area (Å²) < 4.78 is 0. The number of hydrogen-bond donors (Lipinski definition) is 1. The number of aromatic nitrogens is 1. The molecule has 0 unspecified atom stereocenters. The molecule has 6 nitrogen and oxygen atoms in total. The number of carbonyl (C=O) groups is 2. The summed E-state index contributed by atoms with van der Waals surface area (Å²) in [7, 11) is 3.53. The lowest BCUT2D eigenvalue weighted by molar-refractivity contribution is -0.129. The van der Waals surface area contributed by atoms with Gasteiger partial charge in [-0.05, 0) is 37.3 Å². The minimum absolute atomic E-state index is 0.117. The zero-order valence-electron chi connectivity index (χ0n) is 13.5. The lowest BCUT2D eigenvalue weighted by Crippen LogP contribution is -2.36. The van der Waals surface area contributed by atoms with Crippen molar-refractivity contribution in [2.75, 3.05) is 32.1 Å². The van der Waals surface area contributed by atoms with Gasteiger partial charge in [-0.2, -0.15) is 0 Å². The largest absolute Gasteiger partial charge is 0.476 e.